The summed E-state index contributed by atoms with van der Waals surface area (Å²) in [5.41, 5.74) is 5.90. The third-order valence-electron chi connectivity index (χ3n) is 6.42. The molecule has 0 saturated carbocycles. The molecule has 10 heteroatoms. The first-order valence-electron chi connectivity index (χ1n) is 11.2. The van der Waals surface area contributed by atoms with Crippen LogP contribution in [0.4, 0.5) is 4.39 Å². The lowest BCUT2D eigenvalue weighted by Gasteiger charge is -2.48. The fourth-order valence-corrected chi connectivity index (χ4v) is 4.56. The zero-order valence-electron chi connectivity index (χ0n) is 18.4. The number of amides is 1. The van der Waals surface area contributed by atoms with E-state index in [0.717, 1.165) is 64.8 Å². The van der Waals surface area contributed by atoms with E-state index in [1.54, 1.807) is 12.1 Å². The number of aromatic nitrogens is 4. The molecule has 9 nitrogen and oxygen atoms in total. The highest BCUT2D eigenvalue weighted by Crippen LogP contribution is 2.31. The molecule has 0 unspecified atom stereocenters. The number of aromatic amines is 1. The molecule has 1 amide bonds. The van der Waals surface area contributed by atoms with Crippen LogP contribution in [0.15, 0.2) is 30.6 Å². The summed E-state index contributed by atoms with van der Waals surface area (Å²) in [6.07, 6.45) is 7.62. The largest absolute Gasteiger partial charge is 0.368 e. The predicted octanol–water partition coefficient (Wildman–Crippen LogP) is 1.79. The molecule has 2 fully saturated rings. The van der Waals surface area contributed by atoms with Crippen LogP contribution in [0.5, 0.6) is 0 Å². The van der Waals surface area contributed by atoms with Crippen LogP contribution in [0.2, 0.25) is 0 Å². The third kappa shape index (κ3) is 6.39. The van der Waals surface area contributed by atoms with Gasteiger partial charge in [0.2, 0.25) is 5.91 Å². The van der Waals surface area contributed by atoms with Crippen LogP contribution >= 0.6 is 0 Å². The summed E-state index contributed by atoms with van der Waals surface area (Å²) >= 11 is 0. The minimum Gasteiger partial charge on any atom is -0.368 e. The average Bonchev–Trinajstić information content (AvgIpc) is 3.41. The number of piperidine rings is 2. The van der Waals surface area contributed by atoms with Crippen LogP contribution in [0.3, 0.4) is 0 Å². The smallest absolute Gasteiger partial charge is 0.238 e. The predicted molar refractivity (Wildman–Crippen MR) is 117 cm³/mol. The number of rotatable bonds is 7. The molecule has 1 aromatic heterocycles. The number of halogens is 1. The number of H-pyrrole nitrogens is 1. The SMILES string of the molecule is NC(=O)C1(N2CCCCC2)CCN(CCCC(=O)c2ccc(F)cc2)CC1.c1nn[nH]n1. The van der Waals surface area contributed by atoms with Crippen LogP contribution in [0.25, 0.3) is 0 Å². The minimum absolute atomic E-state index is 0.0480. The maximum atomic E-state index is 12.9. The van der Waals surface area contributed by atoms with Gasteiger partial charge in [-0.15, -0.1) is 10.2 Å². The van der Waals surface area contributed by atoms with Gasteiger partial charge in [-0.25, -0.2) is 4.39 Å². The minimum atomic E-state index is -0.485. The van der Waals surface area contributed by atoms with Crippen molar-refractivity contribution in [3.05, 3.63) is 42.0 Å². The summed E-state index contributed by atoms with van der Waals surface area (Å²) in [6.45, 7) is 4.44. The van der Waals surface area contributed by atoms with Gasteiger partial charge < -0.3 is 10.6 Å². The second-order valence-electron chi connectivity index (χ2n) is 8.38. The molecule has 2 aromatic rings. The molecule has 0 aliphatic carbocycles. The molecule has 2 aliphatic rings. The fourth-order valence-electron chi connectivity index (χ4n) is 4.56. The first kappa shape index (κ1) is 23.9. The van der Waals surface area contributed by atoms with E-state index in [-0.39, 0.29) is 17.5 Å². The lowest BCUT2D eigenvalue weighted by Crippen LogP contribution is -2.63. The van der Waals surface area contributed by atoms with Gasteiger partial charge in [0.05, 0.1) is 0 Å². The monoisotopic (exact) mass is 445 g/mol. The summed E-state index contributed by atoms with van der Waals surface area (Å²) < 4.78 is 12.9. The van der Waals surface area contributed by atoms with Gasteiger partial charge in [-0.05, 0) is 76.0 Å². The van der Waals surface area contributed by atoms with E-state index in [0.29, 0.717) is 12.0 Å². The van der Waals surface area contributed by atoms with Gasteiger partial charge in [0, 0.05) is 25.1 Å². The van der Waals surface area contributed by atoms with Gasteiger partial charge in [0.1, 0.15) is 11.4 Å². The number of primary amides is 1. The van der Waals surface area contributed by atoms with E-state index >= 15 is 0 Å². The summed E-state index contributed by atoms with van der Waals surface area (Å²) in [5, 5.41) is 12.2. The highest BCUT2D eigenvalue weighted by Gasteiger charge is 2.44. The number of nitrogens with zero attached hydrogens (tertiary/aromatic N) is 5. The number of carbonyl (C=O) groups is 2. The van der Waals surface area contributed by atoms with Crippen molar-refractivity contribution >= 4 is 11.7 Å². The lowest BCUT2D eigenvalue weighted by molar-refractivity contribution is -0.134. The van der Waals surface area contributed by atoms with Gasteiger partial charge in [0.15, 0.2) is 12.1 Å². The van der Waals surface area contributed by atoms with E-state index in [1.807, 2.05) is 0 Å². The average molecular weight is 446 g/mol. The third-order valence-corrected chi connectivity index (χ3v) is 6.42. The molecule has 0 bridgehead atoms. The van der Waals surface area contributed by atoms with E-state index in [1.165, 1.54) is 24.9 Å². The zero-order valence-corrected chi connectivity index (χ0v) is 18.4. The number of Topliss-reactive ketones (excluding diaryl/α,β-unsaturated/α-hetero) is 1. The quantitative estimate of drug-likeness (QED) is 0.623. The summed E-state index contributed by atoms with van der Waals surface area (Å²) in [7, 11) is 0. The molecule has 4 rings (SSSR count). The first-order chi connectivity index (χ1) is 15.5. The van der Waals surface area contributed by atoms with Crippen LogP contribution < -0.4 is 5.73 Å². The Labute approximate surface area is 187 Å². The maximum Gasteiger partial charge on any atom is 0.238 e. The Morgan fingerprint density at radius 3 is 2.28 bits per heavy atom. The molecule has 174 valence electrons. The molecule has 32 heavy (non-hydrogen) atoms. The molecule has 0 atom stereocenters. The van der Waals surface area contributed by atoms with E-state index in [4.69, 9.17) is 5.73 Å². The number of nitrogens with one attached hydrogen (secondary N) is 1. The summed E-state index contributed by atoms with van der Waals surface area (Å²) in [5.74, 6) is -0.464. The molecular weight excluding hydrogens is 413 g/mol. The molecule has 2 aliphatic heterocycles. The Morgan fingerprint density at radius 1 is 1.06 bits per heavy atom. The second-order valence-corrected chi connectivity index (χ2v) is 8.38. The van der Waals surface area contributed by atoms with Gasteiger partial charge >= 0.3 is 0 Å². The number of carbonyl (C=O) groups excluding carboxylic acids is 2. The van der Waals surface area contributed by atoms with Gasteiger partial charge in [-0.1, -0.05) is 11.6 Å². The van der Waals surface area contributed by atoms with Gasteiger partial charge in [0.25, 0.3) is 0 Å². The number of ketones is 1. The fraction of sp³-hybridized carbons (Fsp3) is 0.591. The Bertz CT molecular complexity index is 813. The van der Waals surface area contributed by atoms with Crippen LogP contribution in [-0.2, 0) is 4.79 Å². The molecule has 0 radical (unpaired) electrons. The number of hydrogen-bond donors (Lipinski definition) is 2. The molecular formula is C22H32FN7O2. The van der Waals surface area contributed by atoms with Crippen molar-refractivity contribution in [2.45, 2.75) is 50.5 Å². The molecule has 3 heterocycles. The van der Waals surface area contributed by atoms with Crippen molar-refractivity contribution in [1.82, 2.24) is 30.4 Å². The second kappa shape index (κ2) is 11.8. The van der Waals surface area contributed by atoms with Crippen LogP contribution in [0.1, 0.15) is 55.3 Å². The number of tetrazole rings is 1. The highest BCUT2D eigenvalue weighted by atomic mass is 19.1. The van der Waals surface area contributed by atoms with Crippen molar-refractivity contribution in [3.63, 3.8) is 0 Å². The number of benzene rings is 1. The normalized spacial score (nSPS) is 19.0. The van der Waals surface area contributed by atoms with Gasteiger partial charge in [-0.2, -0.15) is 5.21 Å². The van der Waals surface area contributed by atoms with Crippen molar-refractivity contribution < 1.29 is 14.0 Å². The Kier molecular flexibility index (Phi) is 8.81. The molecule has 1 aromatic carbocycles. The Hall–Kier alpha value is -2.72. The Morgan fingerprint density at radius 2 is 1.75 bits per heavy atom. The number of hydrogen-bond acceptors (Lipinski definition) is 7. The van der Waals surface area contributed by atoms with E-state index in [2.05, 4.69) is 30.4 Å². The van der Waals surface area contributed by atoms with Crippen LogP contribution in [-0.4, -0.2) is 80.4 Å². The van der Waals surface area contributed by atoms with Crippen molar-refractivity contribution in [2.75, 3.05) is 32.7 Å². The van der Waals surface area contributed by atoms with Crippen LogP contribution in [0, 0.1) is 5.82 Å². The number of nitrogens with two attached hydrogens (primary N) is 1. The maximum absolute atomic E-state index is 12.9. The highest BCUT2D eigenvalue weighted by molar-refractivity contribution is 5.95. The van der Waals surface area contributed by atoms with Crippen molar-refractivity contribution in [3.8, 4) is 0 Å². The van der Waals surface area contributed by atoms with E-state index < -0.39 is 5.54 Å². The standard InChI is InChI=1S/C21H30FN3O2.CH2N4/c22-18-8-6-17(7-9-18)19(26)5-4-12-24-15-10-21(11-16-24,20(23)27)25-13-2-1-3-14-25;1-2-4-5-3-1/h6-9H,1-5,10-16H2,(H2,23,27);1H,(H,2,3,4,5). The topological polar surface area (TPSA) is 121 Å². The number of likely N-dealkylation sites (tertiary alicyclic amines) is 2. The first-order valence-corrected chi connectivity index (χ1v) is 11.2. The van der Waals surface area contributed by atoms with Crippen molar-refractivity contribution in [2.24, 2.45) is 5.73 Å². The van der Waals surface area contributed by atoms with E-state index in [9.17, 15) is 14.0 Å². The summed E-state index contributed by atoms with van der Waals surface area (Å²) in [4.78, 5) is 29.1. The van der Waals surface area contributed by atoms with Crippen molar-refractivity contribution in [1.29, 1.82) is 0 Å². The Balaban J connectivity index is 0.000000509. The molecule has 2 saturated heterocycles. The lowest BCUT2D eigenvalue weighted by atomic mass is 9.83. The summed E-state index contributed by atoms with van der Waals surface area (Å²) in [6, 6.07) is 5.72. The van der Waals surface area contributed by atoms with Gasteiger partial charge in [-0.3, -0.25) is 14.5 Å². The zero-order chi connectivity index (χ0) is 22.8. The molecule has 3 N–H and O–H groups in total. The molecule has 0 spiro atoms.